The maximum atomic E-state index is 12.6. The number of benzene rings is 2. The summed E-state index contributed by atoms with van der Waals surface area (Å²) in [7, 11) is 0. The van der Waals surface area contributed by atoms with Crippen molar-refractivity contribution in [3.63, 3.8) is 0 Å². The topological polar surface area (TPSA) is 29.1 Å². The van der Waals surface area contributed by atoms with E-state index in [-0.39, 0.29) is 11.3 Å². The van der Waals surface area contributed by atoms with Crippen molar-refractivity contribution in [2.45, 2.75) is 6.18 Å². The fourth-order valence-electron chi connectivity index (χ4n) is 1.75. The molecule has 0 aromatic heterocycles. The zero-order valence-corrected chi connectivity index (χ0v) is 12.8. The molecule has 0 spiro atoms. The number of anilines is 1. The predicted molar refractivity (Wildman–Crippen MR) is 83.6 cm³/mol. The molecule has 0 bridgehead atoms. The van der Waals surface area contributed by atoms with E-state index in [1.807, 2.05) is 0 Å². The molecule has 22 heavy (non-hydrogen) atoms. The second-order valence-corrected chi connectivity index (χ2v) is 5.43. The molecule has 2 aromatic rings. The first kappa shape index (κ1) is 16.3. The van der Waals surface area contributed by atoms with Crippen LogP contribution >= 0.6 is 15.9 Å². The van der Waals surface area contributed by atoms with E-state index in [0.717, 1.165) is 4.47 Å². The third-order valence-electron chi connectivity index (χ3n) is 2.92. The molecule has 0 fully saturated rings. The van der Waals surface area contributed by atoms with Gasteiger partial charge in [0.1, 0.15) is 0 Å². The standard InChI is InChI=1S/C16H11BrF3NO/c1-10(16(18,19)20)12-3-2-4-14(9-12)21-15(22)11-5-7-13(17)8-6-11/h2-9H,1H2,(H,21,22). The molecule has 1 amide bonds. The Balaban J connectivity index is 2.18. The molecule has 2 aromatic carbocycles. The lowest BCUT2D eigenvalue weighted by molar-refractivity contribution is -0.0686. The Morgan fingerprint density at radius 1 is 1.05 bits per heavy atom. The highest BCUT2D eigenvalue weighted by Gasteiger charge is 2.32. The van der Waals surface area contributed by atoms with E-state index >= 15 is 0 Å². The Morgan fingerprint density at radius 3 is 2.27 bits per heavy atom. The van der Waals surface area contributed by atoms with Crippen LogP contribution in [0.3, 0.4) is 0 Å². The second kappa shape index (κ2) is 6.36. The van der Waals surface area contributed by atoms with E-state index < -0.39 is 17.7 Å². The lowest BCUT2D eigenvalue weighted by Gasteiger charge is -2.12. The number of amides is 1. The molecule has 0 atom stereocenters. The van der Waals surface area contributed by atoms with Crippen LogP contribution in [-0.2, 0) is 0 Å². The minimum absolute atomic E-state index is 0.0823. The lowest BCUT2D eigenvalue weighted by atomic mass is 10.1. The zero-order chi connectivity index (χ0) is 16.3. The number of carbonyl (C=O) groups excluding carboxylic acids is 1. The zero-order valence-electron chi connectivity index (χ0n) is 11.2. The summed E-state index contributed by atoms with van der Waals surface area (Å²) in [5.41, 5.74) is -0.354. The first-order chi connectivity index (χ1) is 10.3. The number of rotatable bonds is 3. The second-order valence-electron chi connectivity index (χ2n) is 4.52. The Hall–Kier alpha value is -2.08. The number of carbonyl (C=O) groups is 1. The molecule has 0 saturated heterocycles. The van der Waals surface area contributed by atoms with Crippen molar-refractivity contribution in [3.8, 4) is 0 Å². The van der Waals surface area contributed by atoms with E-state index in [1.54, 1.807) is 24.3 Å². The third kappa shape index (κ3) is 3.98. The summed E-state index contributed by atoms with van der Waals surface area (Å²) >= 11 is 3.26. The smallest absolute Gasteiger partial charge is 0.322 e. The van der Waals surface area contributed by atoms with Crippen LogP contribution in [0.2, 0.25) is 0 Å². The molecular weight excluding hydrogens is 359 g/mol. The molecular formula is C16H11BrF3NO. The number of halogens is 4. The van der Waals surface area contributed by atoms with Gasteiger partial charge in [0, 0.05) is 15.7 Å². The summed E-state index contributed by atoms with van der Waals surface area (Å²) in [6, 6.07) is 12.1. The molecule has 0 heterocycles. The fraction of sp³-hybridized carbons (Fsp3) is 0.0625. The van der Waals surface area contributed by atoms with Gasteiger partial charge in [-0.05, 0) is 42.0 Å². The van der Waals surface area contributed by atoms with Crippen molar-refractivity contribution in [2.24, 2.45) is 0 Å². The number of hydrogen-bond donors (Lipinski definition) is 1. The maximum Gasteiger partial charge on any atom is 0.416 e. The van der Waals surface area contributed by atoms with Crippen LogP contribution in [0.5, 0.6) is 0 Å². The molecule has 0 aliphatic rings. The first-order valence-electron chi connectivity index (χ1n) is 6.21. The van der Waals surface area contributed by atoms with Crippen molar-refractivity contribution >= 4 is 33.1 Å². The SMILES string of the molecule is C=C(c1cccc(NC(=O)c2ccc(Br)cc2)c1)C(F)(F)F. The molecule has 2 rings (SSSR count). The van der Waals surface area contributed by atoms with Crippen LogP contribution in [0.15, 0.2) is 59.6 Å². The first-order valence-corrected chi connectivity index (χ1v) is 7.00. The molecule has 0 aliphatic heterocycles. The number of allylic oxidation sites excluding steroid dienone is 1. The molecule has 2 nitrogen and oxygen atoms in total. The molecule has 0 aliphatic carbocycles. The Morgan fingerprint density at radius 2 is 1.68 bits per heavy atom. The Labute approximate surface area is 133 Å². The third-order valence-corrected chi connectivity index (χ3v) is 3.45. The van der Waals surface area contributed by atoms with Gasteiger partial charge in [0.05, 0.1) is 5.57 Å². The summed E-state index contributed by atoms with van der Waals surface area (Å²) in [5.74, 6) is -0.401. The minimum Gasteiger partial charge on any atom is -0.322 e. The summed E-state index contributed by atoms with van der Waals surface area (Å²) in [4.78, 5) is 12.0. The van der Waals surface area contributed by atoms with Crippen molar-refractivity contribution < 1.29 is 18.0 Å². The van der Waals surface area contributed by atoms with Gasteiger partial charge in [-0.25, -0.2) is 0 Å². The summed E-state index contributed by atoms with van der Waals surface area (Å²) in [6.07, 6.45) is -4.51. The van der Waals surface area contributed by atoms with E-state index in [1.165, 1.54) is 24.3 Å². The molecule has 1 N–H and O–H groups in total. The van der Waals surface area contributed by atoms with Crippen molar-refractivity contribution in [1.29, 1.82) is 0 Å². The molecule has 0 unspecified atom stereocenters. The quantitative estimate of drug-likeness (QED) is 0.783. The van der Waals surface area contributed by atoms with Crippen molar-refractivity contribution in [1.82, 2.24) is 0 Å². The van der Waals surface area contributed by atoms with E-state index in [4.69, 9.17) is 0 Å². The van der Waals surface area contributed by atoms with Crippen molar-refractivity contribution in [3.05, 3.63) is 70.7 Å². The van der Waals surface area contributed by atoms with Gasteiger partial charge >= 0.3 is 6.18 Å². The number of hydrogen-bond acceptors (Lipinski definition) is 1. The van der Waals surface area contributed by atoms with Gasteiger partial charge in [0.2, 0.25) is 0 Å². The predicted octanol–water partition coefficient (Wildman–Crippen LogP) is 5.28. The number of nitrogens with one attached hydrogen (secondary N) is 1. The fourth-order valence-corrected chi connectivity index (χ4v) is 2.02. The Kier molecular flexibility index (Phi) is 4.71. The van der Waals surface area contributed by atoms with Gasteiger partial charge in [0.15, 0.2) is 0 Å². The van der Waals surface area contributed by atoms with Crippen LogP contribution in [0.25, 0.3) is 5.57 Å². The number of alkyl halides is 3. The van der Waals surface area contributed by atoms with Gasteiger partial charge in [-0.15, -0.1) is 0 Å². The summed E-state index contributed by atoms with van der Waals surface area (Å²) in [6.45, 7) is 3.04. The van der Waals surface area contributed by atoms with Gasteiger partial charge in [-0.3, -0.25) is 4.79 Å². The van der Waals surface area contributed by atoms with Gasteiger partial charge in [-0.2, -0.15) is 13.2 Å². The van der Waals surface area contributed by atoms with E-state index in [9.17, 15) is 18.0 Å². The molecule has 114 valence electrons. The highest BCUT2D eigenvalue weighted by atomic mass is 79.9. The maximum absolute atomic E-state index is 12.6. The summed E-state index contributed by atoms with van der Waals surface area (Å²) in [5, 5.41) is 2.56. The molecule has 0 saturated carbocycles. The lowest BCUT2D eigenvalue weighted by Crippen LogP contribution is -2.13. The minimum atomic E-state index is -4.51. The monoisotopic (exact) mass is 369 g/mol. The average molecular weight is 370 g/mol. The van der Waals surface area contributed by atoms with Crippen LogP contribution in [0.1, 0.15) is 15.9 Å². The largest absolute Gasteiger partial charge is 0.416 e. The van der Waals surface area contributed by atoms with Crippen LogP contribution in [0, 0.1) is 0 Å². The molecule has 6 heteroatoms. The van der Waals surface area contributed by atoms with E-state index in [2.05, 4.69) is 27.8 Å². The van der Waals surface area contributed by atoms with Crippen LogP contribution in [-0.4, -0.2) is 12.1 Å². The Bertz CT molecular complexity index is 708. The highest BCUT2D eigenvalue weighted by Crippen LogP contribution is 2.33. The normalized spacial score (nSPS) is 11.1. The van der Waals surface area contributed by atoms with Crippen molar-refractivity contribution in [2.75, 3.05) is 5.32 Å². The van der Waals surface area contributed by atoms with Gasteiger partial charge in [-0.1, -0.05) is 34.6 Å². The summed E-state index contributed by atoms with van der Waals surface area (Å²) < 4.78 is 38.7. The van der Waals surface area contributed by atoms with Crippen LogP contribution in [0.4, 0.5) is 18.9 Å². The highest BCUT2D eigenvalue weighted by molar-refractivity contribution is 9.10. The van der Waals surface area contributed by atoms with Gasteiger partial charge in [0.25, 0.3) is 5.91 Å². The average Bonchev–Trinajstić information content (AvgIpc) is 2.46. The van der Waals surface area contributed by atoms with Gasteiger partial charge < -0.3 is 5.32 Å². The van der Waals surface area contributed by atoms with E-state index in [0.29, 0.717) is 5.56 Å². The van der Waals surface area contributed by atoms with Crippen LogP contribution < -0.4 is 5.32 Å². The molecule has 0 radical (unpaired) electrons.